The van der Waals surface area contributed by atoms with Crippen LogP contribution in [0.2, 0.25) is 0 Å². The van der Waals surface area contributed by atoms with Crippen molar-refractivity contribution in [2.24, 2.45) is 0 Å². The fourth-order valence-electron chi connectivity index (χ4n) is 3.07. The number of alkyl halides is 3. The minimum atomic E-state index is -4.78. The highest BCUT2D eigenvalue weighted by molar-refractivity contribution is 7.14. The molecule has 2 aromatic heterocycles. The van der Waals surface area contributed by atoms with Crippen LogP contribution in [0.15, 0.2) is 12.1 Å². The lowest BCUT2D eigenvalue weighted by Crippen LogP contribution is -2.18. The number of anilines is 2. The number of carbonyl (C=O) groups excluding carboxylic acids is 1. The number of hydrogen-bond acceptors (Lipinski definition) is 7. The van der Waals surface area contributed by atoms with E-state index in [1.165, 1.54) is 0 Å². The van der Waals surface area contributed by atoms with Gasteiger partial charge in [-0.1, -0.05) is 19.3 Å². The predicted octanol–water partition coefficient (Wildman–Crippen LogP) is 4.35. The third-order valence-corrected chi connectivity index (χ3v) is 5.63. The number of aromatic nitrogens is 2. The van der Waals surface area contributed by atoms with Crippen LogP contribution in [-0.2, 0) is 6.18 Å². The summed E-state index contributed by atoms with van der Waals surface area (Å²) in [5, 5.41) is 13.3. The molecule has 12 heteroatoms. The lowest BCUT2D eigenvalue weighted by atomic mass is 9.90. The van der Waals surface area contributed by atoms with E-state index in [2.05, 4.69) is 15.3 Å². The molecule has 0 unspecified atom stereocenters. The highest BCUT2D eigenvalue weighted by atomic mass is 32.1. The van der Waals surface area contributed by atoms with Crippen LogP contribution < -0.4 is 11.1 Å². The minimum Gasteiger partial charge on any atom is -0.378 e. The van der Waals surface area contributed by atoms with E-state index in [1.807, 2.05) is 0 Å². The van der Waals surface area contributed by atoms with Crippen LogP contribution in [0.4, 0.5) is 30.5 Å². The zero-order valence-electron chi connectivity index (χ0n) is 14.5. The number of carbonyl (C=O) groups is 1. The quantitative estimate of drug-likeness (QED) is 0.565. The first kappa shape index (κ1) is 20.0. The van der Waals surface area contributed by atoms with Gasteiger partial charge < -0.3 is 11.1 Å². The molecule has 0 radical (unpaired) electrons. The van der Waals surface area contributed by atoms with Crippen molar-refractivity contribution in [2.75, 3.05) is 11.1 Å². The number of nitrogens with one attached hydrogen (secondary N) is 1. The van der Waals surface area contributed by atoms with Crippen LogP contribution in [0.3, 0.4) is 0 Å². The van der Waals surface area contributed by atoms with Crippen molar-refractivity contribution in [3.8, 4) is 0 Å². The molecule has 3 rings (SSSR count). The molecule has 1 amide bonds. The molecule has 0 aromatic carbocycles. The number of hydrogen-bond donors (Lipinski definition) is 2. The second-order valence-electron chi connectivity index (χ2n) is 6.37. The van der Waals surface area contributed by atoms with Crippen LogP contribution in [0.25, 0.3) is 0 Å². The fraction of sp³-hybridized carbons (Fsp3) is 0.438. The van der Waals surface area contributed by atoms with Gasteiger partial charge in [0.2, 0.25) is 5.82 Å². The molecule has 0 bridgehead atoms. The first-order valence-corrected chi connectivity index (χ1v) is 9.28. The Bertz CT molecular complexity index is 909. The van der Waals surface area contributed by atoms with E-state index in [0.29, 0.717) is 5.01 Å². The van der Waals surface area contributed by atoms with Gasteiger partial charge in [0, 0.05) is 12.0 Å². The van der Waals surface area contributed by atoms with Crippen LogP contribution >= 0.6 is 11.3 Å². The zero-order chi connectivity index (χ0) is 20.5. The molecule has 3 N–H and O–H groups in total. The topological polar surface area (TPSA) is 124 Å². The SMILES string of the molecule is Nc1nc(NC(=O)c2sc(C3CCCCC3)nc2C(F)(F)F)ccc1[N+](=O)[O-]. The molecule has 8 nitrogen and oxygen atoms in total. The first-order chi connectivity index (χ1) is 13.2. The number of nitrogens with two attached hydrogens (primary N) is 1. The highest BCUT2D eigenvalue weighted by Crippen LogP contribution is 2.40. The third kappa shape index (κ3) is 4.21. The smallest absolute Gasteiger partial charge is 0.378 e. The Morgan fingerprint density at radius 3 is 2.50 bits per heavy atom. The van der Waals surface area contributed by atoms with Gasteiger partial charge in [-0.05, 0) is 18.9 Å². The van der Waals surface area contributed by atoms with Gasteiger partial charge in [0.25, 0.3) is 5.91 Å². The van der Waals surface area contributed by atoms with E-state index in [0.717, 1.165) is 55.6 Å². The normalized spacial score (nSPS) is 15.4. The maximum Gasteiger partial charge on any atom is 0.435 e. The van der Waals surface area contributed by atoms with E-state index < -0.39 is 39.1 Å². The number of amides is 1. The largest absolute Gasteiger partial charge is 0.435 e. The molecule has 1 aliphatic rings. The summed E-state index contributed by atoms with van der Waals surface area (Å²) >= 11 is 0.722. The Morgan fingerprint density at radius 2 is 1.93 bits per heavy atom. The van der Waals surface area contributed by atoms with E-state index in [1.54, 1.807) is 0 Å². The average molecular weight is 415 g/mol. The van der Waals surface area contributed by atoms with E-state index in [-0.39, 0.29) is 11.7 Å². The summed E-state index contributed by atoms with van der Waals surface area (Å²) in [5.74, 6) is -1.76. The van der Waals surface area contributed by atoms with Gasteiger partial charge in [-0.25, -0.2) is 9.97 Å². The lowest BCUT2D eigenvalue weighted by Gasteiger charge is -2.18. The Balaban J connectivity index is 1.88. The Morgan fingerprint density at radius 1 is 1.25 bits per heavy atom. The van der Waals surface area contributed by atoms with Crippen LogP contribution in [-0.4, -0.2) is 20.8 Å². The van der Waals surface area contributed by atoms with Gasteiger partial charge in [-0.3, -0.25) is 14.9 Å². The number of halogens is 3. The molecule has 0 aliphatic heterocycles. The van der Waals surface area contributed by atoms with Gasteiger partial charge in [0.05, 0.1) is 9.93 Å². The number of rotatable bonds is 4. The summed E-state index contributed by atoms with van der Waals surface area (Å²) in [4.78, 5) is 29.3. The molecule has 2 aromatic rings. The van der Waals surface area contributed by atoms with Crippen molar-refractivity contribution < 1.29 is 22.9 Å². The van der Waals surface area contributed by atoms with Crippen molar-refractivity contribution in [2.45, 2.75) is 44.2 Å². The molecule has 2 heterocycles. The Kier molecular flexibility index (Phi) is 5.49. The minimum absolute atomic E-state index is 0.0884. The van der Waals surface area contributed by atoms with E-state index in [4.69, 9.17) is 5.73 Å². The van der Waals surface area contributed by atoms with Crippen molar-refractivity contribution in [3.63, 3.8) is 0 Å². The van der Waals surface area contributed by atoms with Crippen molar-refractivity contribution in [1.82, 2.24) is 9.97 Å². The third-order valence-electron chi connectivity index (χ3n) is 4.41. The molecule has 0 spiro atoms. The van der Waals surface area contributed by atoms with E-state index in [9.17, 15) is 28.1 Å². The Hall–Kier alpha value is -2.76. The van der Waals surface area contributed by atoms with Gasteiger partial charge >= 0.3 is 11.9 Å². The number of nitrogens with zero attached hydrogens (tertiary/aromatic N) is 3. The zero-order valence-corrected chi connectivity index (χ0v) is 15.3. The summed E-state index contributed by atoms with van der Waals surface area (Å²) in [7, 11) is 0. The van der Waals surface area contributed by atoms with Crippen molar-refractivity contribution >= 4 is 34.6 Å². The van der Waals surface area contributed by atoms with Crippen molar-refractivity contribution in [3.05, 3.63) is 37.8 Å². The average Bonchev–Trinajstić information content (AvgIpc) is 3.08. The summed E-state index contributed by atoms with van der Waals surface area (Å²) in [6.07, 6.45) is -0.427. The van der Waals surface area contributed by atoms with E-state index >= 15 is 0 Å². The fourth-order valence-corrected chi connectivity index (χ4v) is 4.22. The number of thiazole rings is 1. The summed E-state index contributed by atoms with van der Waals surface area (Å²) in [6, 6.07) is 2.12. The summed E-state index contributed by atoms with van der Waals surface area (Å²) in [6.45, 7) is 0. The molecule has 0 saturated heterocycles. The summed E-state index contributed by atoms with van der Waals surface area (Å²) in [5.41, 5.74) is 3.75. The lowest BCUT2D eigenvalue weighted by molar-refractivity contribution is -0.384. The monoisotopic (exact) mass is 415 g/mol. The van der Waals surface area contributed by atoms with Gasteiger partial charge in [0.15, 0.2) is 5.69 Å². The second kappa shape index (κ2) is 7.70. The maximum atomic E-state index is 13.4. The van der Waals surface area contributed by atoms with Gasteiger partial charge in [-0.2, -0.15) is 13.2 Å². The standard InChI is InChI=1S/C16H16F3N5O3S/c17-16(18,19)12-11(28-15(23-12)8-4-2-1-3-5-8)14(25)22-10-7-6-9(24(26)27)13(20)21-10/h6-8H,1-5H2,(H3,20,21,22,25). The van der Waals surface area contributed by atoms with Crippen LogP contribution in [0, 0.1) is 10.1 Å². The number of nitrogen functional groups attached to an aromatic ring is 1. The molecule has 150 valence electrons. The number of pyridine rings is 1. The Labute approximate surface area is 161 Å². The maximum absolute atomic E-state index is 13.4. The van der Waals surface area contributed by atoms with Gasteiger partial charge in [-0.15, -0.1) is 11.3 Å². The van der Waals surface area contributed by atoms with Gasteiger partial charge in [0.1, 0.15) is 10.7 Å². The molecular weight excluding hydrogens is 399 g/mol. The first-order valence-electron chi connectivity index (χ1n) is 8.47. The molecule has 28 heavy (non-hydrogen) atoms. The second-order valence-corrected chi connectivity index (χ2v) is 7.41. The molecule has 0 atom stereocenters. The molecule has 1 fully saturated rings. The number of nitro groups is 1. The summed E-state index contributed by atoms with van der Waals surface area (Å²) < 4.78 is 40.2. The van der Waals surface area contributed by atoms with Crippen molar-refractivity contribution in [1.29, 1.82) is 0 Å². The molecular formula is C16H16F3N5O3S. The predicted molar refractivity (Wildman–Crippen MR) is 96.2 cm³/mol. The highest BCUT2D eigenvalue weighted by Gasteiger charge is 2.40. The molecule has 1 saturated carbocycles. The van der Waals surface area contributed by atoms with Crippen LogP contribution in [0.5, 0.6) is 0 Å². The van der Waals surface area contributed by atoms with Crippen LogP contribution in [0.1, 0.15) is 58.4 Å². The molecule has 1 aliphatic carbocycles.